The number of aromatic amines is 1. The second-order valence-corrected chi connectivity index (χ2v) is 9.75. The van der Waals surface area contributed by atoms with Crippen molar-refractivity contribution < 1.29 is 23.5 Å². The number of hydrogen-bond donors (Lipinski definition) is 2. The van der Waals surface area contributed by atoms with Crippen LogP contribution in [0, 0.1) is 0 Å². The minimum absolute atomic E-state index is 0.0506. The summed E-state index contributed by atoms with van der Waals surface area (Å²) in [5.41, 5.74) is 3.87. The van der Waals surface area contributed by atoms with Crippen molar-refractivity contribution in [2.45, 2.75) is 19.1 Å². The fourth-order valence-electron chi connectivity index (χ4n) is 4.87. The Morgan fingerprint density at radius 2 is 1.57 bits per heavy atom. The summed E-state index contributed by atoms with van der Waals surface area (Å²) in [6, 6.07) is 31.6. The van der Waals surface area contributed by atoms with Crippen LogP contribution < -0.4 is 15.7 Å². The molecule has 208 valence electrons. The SMILES string of the molecule is O=C(NC(Cc1c[nH]c2ccccc12)C(=O)Oc1ccc2c(-c3ccccc3)cc(=O)oc2c1)OCc1ccccc1. The van der Waals surface area contributed by atoms with Crippen LogP contribution in [0.25, 0.3) is 33.0 Å². The molecule has 0 aliphatic carbocycles. The minimum Gasteiger partial charge on any atom is -0.445 e. The van der Waals surface area contributed by atoms with Gasteiger partial charge in [-0.25, -0.2) is 14.4 Å². The van der Waals surface area contributed by atoms with Crippen LogP contribution in [0.2, 0.25) is 0 Å². The molecule has 0 fully saturated rings. The number of amides is 1. The van der Waals surface area contributed by atoms with Crippen LogP contribution in [-0.4, -0.2) is 23.1 Å². The number of benzene rings is 4. The summed E-state index contributed by atoms with van der Waals surface area (Å²) < 4.78 is 16.5. The van der Waals surface area contributed by atoms with Gasteiger partial charge in [0.1, 0.15) is 24.0 Å². The molecule has 0 radical (unpaired) electrons. The zero-order valence-electron chi connectivity index (χ0n) is 22.4. The third-order valence-electron chi connectivity index (χ3n) is 6.91. The number of para-hydroxylation sites is 1. The first-order valence-electron chi connectivity index (χ1n) is 13.4. The van der Waals surface area contributed by atoms with Gasteiger partial charge in [-0.15, -0.1) is 0 Å². The van der Waals surface area contributed by atoms with E-state index >= 15 is 0 Å². The van der Waals surface area contributed by atoms with Crippen LogP contribution in [0.3, 0.4) is 0 Å². The zero-order valence-corrected chi connectivity index (χ0v) is 22.4. The molecule has 0 aliphatic heterocycles. The highest BCUT2D eigenvalue weighted by Crippen LogP contribution is 2.30. The van der Waals surface area contributed by atoms with Crippen LogP contribution in [0.5, 0.6) is 5.75 Å². The second-order valence-electron chi connectivity index (χ2n) is 9.75. The fraction of sp³-hybridized carbons (Fsp3) is 0.0882. The minimum atomic E-state index is -1.06. The number of esters is 1. The van der Waals surface area contributed by atoms with E-state index in [4.69, 9.17) is 13.9 Å². The largest absolute Gasteiger partial charge is 0.445 e. The maximum atomic E-state index is 13.5. The van der Waals surface area contributed by atoms with Crippen molar-refractivity contribution in [2.24, 2.45) is 0 Å². The van der Waals surface area contributed by atoms with Crippen molar-refractivity contribution in [1.29, 1.82) is 0 Å². The molecule has 4 aromatic carbocycles. The van der Waals surface area contributed by atoms with E-state index in [-0.39, 0.29) is 24.4 Å². The van der Waals surface area contributed by atoms with Gasteiger partial charge in [0, 0.05) is 41.0 Å². The Hall–Kier alpha value is -5.63. The molecule has 2 N–H and O–H groups in total. The summed E-state index contributed by atoms with van der Waals surface area (Å²) in [5, 5.41) is 4.28. The second kappa shape index (κ2) is 11.9. The summed E-state index contributed by atoms with van der Waals surface area (Å²) in [7, 11) is 0. The fourth-order valence-corrected chi connectivity index (χ4v) is 4.87. The van der Waals surface area contributed by atoms with Gasteiger partial charge in [-0.1, -0.05) is 78.9 Å². The predicted molar refractivity (Wildman–Crippen MR) is 159 cm³/mol. The molecule has 0 spiro atoms. The number of hydrogen-bond acceptors (Lipinski definition) is 6. The van der Waals surface area contributed by atoms with Gasteiger partial charge in [-0.05, 0) is 40.5 Å². The van der Waals surface area contributed by atoms with Gasteiger partial charge in [-0.3, -0.25) is 0 Å². The molecule has 8 heteroatoms. The third kappa shape index (κ3) is 5.93. The first kappa shape index (κ1) is 26.6. The number of alkyl carbamates (subject to hydrolysis) is 1. The third-order valence-corrected chi connectivity index (χ3v) is 6.91. The molecule has 2 heterocycles. The monoisotopic (exact) mass is 558 g/mol. The Morgan fingerprint density at radius 3 is 2.38 bits per heavy atom. The highest BCUT2D eigenvalue weighted by molar-refractivity contribution is 5.94. The van der Waals surface area contributed by atoms with Crippen molar-refractivity contribution in [2.75, 3.05) is 0 Å². The van der Waals surface area contributed by atoms with Crippen LogP contribution >= 0.6 is 0 Å². The molecular weight excluding hydrogens is 532 g/mol. The van der Waals surface area contributed by atoms with E-state index < -0.39 is 23.7 Å². The molecule has 6 rings (SSSR count). The Morgan fingerprint density at radius 1 is 0.833 bits per heavy atom. The Bertz CT molecular complexity index is 1930. The number of carbonyl (C=O) groups is 2. The Balaban J connectivity index is 1.25. The summed E-state index contributed by atoms with van der Waals surface area (Å²) in [4.78, 5) is 41.8. The van der Waals surface area contributed by atoms with E-state index in [1.165, 1.54) is 12.1 Å². The summed E-state index contributed by atoms with van der Waals surface area (Å²) >= 11 is 0. The first-order chi connectivity index (χ1) is 20.5. The number of H-pyrrole nitrogens is 1. The van der Waals surface area contributed by atoms with Crippen molar-refractivity contribution in [3.8, 4) is 16.9 Å². The van der Waals surface area contributed by atoms with Crippen molar-refractivity contribution >= 4 is 33.9 Å². The molecule has 2 aromatic heterocycles. The molecular formula is C34H26N2O6. The lowest BCUT2D eigenvalue weighted by atomic mass is 10.0. The Labute approximate surface area is 240 Å². The summed E-state index contributed by atoms with van der Waals surface area (Å²) in [6.45, 7) is 0.0506. The van der Waals surface area contributed by atoms with Gasteiger partial charge < -0.3 is 24.2 Å². The van der Waals surface area contributed by atoms with Crippen molar-refractivity contribution in [3.63, 3.8) is 0 Å². The van der Waals surface area contributed by atoms with E-state index in [9.17, 15) is 14.4 Å². The number of fused-ring (bicyclic) bond motifs is 2. The zero-order chi connectivity index (χ0) is 28.9. The van der Waals surface area contributed by atoms with Crippen LogP contribution in [0.1, 0.15) is 11.1 Å². The quantitative estimate of drug-likeness (QED) is 0.127. The van der Waals surface area contributed by atoms with E-state index in [0.717, 1.165) is 27.6 Å². The highest BCUT2D eigenvalue weighted by Gasteiger charge is 2.26. The smallest absolute Gasteiger partial charge is 0.408 e. The van der Waals surface area contributed by atoms with Crippen LogP contribution in [-0.2, 0) is 22.6 Å². The number of aromatic nitrogens is 1. The summed E-state index contributed by atoms with van der Waals surface area (Å²) in [5.74, 6) is -0.526. The van der Waals surface area contributed by atoms with Gasteiger partial charge in [-0.2, -0.15) is 0 Å². The van der Waals surface area contributed by atoms with Gasteiger partial charge >= 0.3 is 17.7 Å². The lowest BCUT2D eigenvalue weighted by molar-refractivity contribution is -0.136. The Kier molecular flexibility index (Phi) is 7.50. The van der Waals surface area contributed by atoms with E-state index in [1.54, 1.807) is 18.3 Å². The van der Waals surface area contributed by atoms with Crippen molar-refractivity contribution in [3.05, 3.63) is 137 Å². The molecule has 0 aliphatic rings. The molecule has 6 aromatic rings. The molecule has 42 heavy (non-hydrogen) atoms. The van der Waals surface area contributed by atoms with Gasteiger partial charge in [0.05, 0.1) is 0 Å². The maximum Gasteiger partial charge on any atom is 0.408 e. The highest BCUT2D eigenvalue weighted by atomic mass is 16.6. The van der Waals surface area contributed by atoms with Crippen LogP contribution in [0.4, 0.5) is 4.79 Å². The average molecular weight is 559 g/mol. The lowest BCUT2D eigenvalue weighted by Crippen LogP contribution is -2.44. The molecule has 0 saturated carbocycles. The molecule has 1 atom stereocenters. The van der Waals surface area contributed by atoms with Crippen molar-refractivity contribution in [1.82, 2.24) is 10.3 Å². The topological polar surface area (TPSA) is 111 Å². The predicted octanol–water partition coefficient (Wildman–Crippen LogP) is 6.38. The normalized spacial score (nSPS) is 11.7. The van der Waals surface area contributed by atoms with Gasteiger partial charge in [0.15, 0.2) is 0 Å². The molecule has 1 amide bonds. The van der Waals surface area contributed by atoms with E-state index in [0.29, 0.717) is 10.9 Å². The molecule has 0 bridgehead atoms. The molecule has 0 saturated heterocycles. The number of rotatable bonds is 8. The number of carbonyl (C=O) groups excluding carboxylic acids is 2. The number of ether oxygens (including phenoxy) is 2. The standard InChI is InChI=1S/C34H26N2O6/c37-32-19-28(23-11-5-2-6-12-23)27-16-15-25(18-31(27)42-32)41-33(38)30(17-24-20-35-29-14-8-7-13-26(24)29)36-34(39)40-21-22-9-3-1-4-10-22/h1-16,18-20,30,35H,17,21H2,(H,36,39). The van der Waals surface area contributed by atoms with E-state index in [1.807, 2.05) is 84.9 Å². The lowest BCUT2D eigenvalue weighted by Gasteiger charge is -2.18. The van der Waals surface area contributed by atoms with E-state index in [2.05, 4.69) is 10.3 Å². The van der Waals surface area contributed by atoms with Gasteiger partial charge in [0.2, 0.25) is 0 Å². The van der Waals surface area contributed by atoms with Crippen LogP contribution in [0.15, 0.2) is 125 Å². The molecule has 1 unspecified atom stereocenters. The van der Waals surface area contributed by atoms with Gasteiger partial charge in [0.25, 0.3) is 0 Å². The molecule has 8 nitrogen and oxygen atoms in total. The maximum absolute atomic E-state index is 13.5. The summed E-state index contributed by atoms with van der Waals surface area (Å²) in [6.07, 6.45) is 1.21. The first-order valence-corrected chi connectivity index (χ1v) is 13.4. The average Bonchev–Trinajstić information content (AvgIpc) is 3.42. The number of nitrogens with one attached hydrogen (secondary N) is 2.